The lowest BCUT2D eigenvalue weighted by molar-refractivity contribution is -0.112. The molecular formula is C23H20N6O5S. The lowest BCUT2D eigenvalue weighted by Gasteiger charge is -2.17. The molecule has 0 radical (unpaired) electrons. The van der Waals surface area contributed by atoms with Gasteiger partial charge in [0.2, 0.25) is 17.3 Å². The fourth-order valence-corrected chi connectivity index (χ4v) is 4.54. The van der Waals surface area contributed by atoms with Gasteiger partial charge in [0.05, 0.1) is 7.11 Å². The van der Waals surface area contributed by atoms with Crippen LogP contribution in [-0.2, 0) is 11.2 Å². The summed E-state index contributed by atoms with van der Waals surface area (Å²) >= 11 is 1.16. The maximum Gasteiger partial charge on any atom is 0.302 e. The summed E-state index contributed by atoms with van der Waals surface area (Å²) < 4.78 is 10.3. The normalized spacial score (nSPS) is 15.3. The van der Waals surface area contributed by atoms with Gasteiger partial charge < -0.3 is 14.2 Å². The number of anilines is 1. The number of hydrogen-bond acceptors (Lipinski definition) is 10. The maximum atomic E-state index is 13.3. The first-order valence-electron chi connectivity index (χ1n) is 10.8. The molecule has 1 aromatic carbocycles. The second-order valence-corrected chi connectivity index (χ2v) is 8.88. The minimum Gasteiger partial charge on any atom is -0.479 e. The number of nitrogens with zero attached hydrogens (tertiary/aromatic N) is 5. The average Bonchev–Trinajstić information content (AvgIpc) is 3.64. The van der Waals surface area contributed by atoms with Crippen molar-refractivity contribution in [2.75, 3.05) is 25.5 Å². The van der Waals surface area contributed by atoms with Crippen molar-refractivity contribution >= 4 is 45.2 Å². The number of benzene rings is 1. The van der Waals surface area contributed by atoms with E-state index in [0.717, 1.165) is 24.2 Å². The number of nitrogens with one attached hydrogen (secondary N) is 1. The Labute approximate surface area is 203 Å². The first-order chi connectivity index (χ1) is 17.0. The van der Waals surface area contributed by atoms with E-state index in [0.29, 0.717) is 19.0 Å². The number of rotatable bonds is 7. The van der Waals surface area contributed by atoms with Gasteiger partial charge in [-0.3, -0.25) is 19.7 Å². The Morgan fingerprint density at radius 1 is 1.23 bits per heavy atom. The Bertz CT molecular complexity index is 1390. The third-order valence-corrected chi connectivity index (χ3v) is 6.37. The number of ether oxygens (including phenoxy) is 1. The van der Waals surface area contributed by atoms with Gasteiger partial charge in [-0.2, -0.15) is 4.98 Å². The molecule has 1 saturated heterocycles. The summed E-state index contributed by atoms with van der Waals surface area (Å²) in [6.07, 6.45) is 3.21. The zero-order chi connectivity index (χ0) is 24.4. The van der Waals surface area contributed by atoms with Crippen molar-refractivity contribution < 1.29 is 23.6 Å². The van der Waals surface area contributed by atoms with Gasteiger partial charge in [-0.1, -0.05) is 35.5 Å². The standard InChI is InChI=1S/C23H20N6O5S/c1-33-21-16(22(32)29-9-7-14(12-29)11-13-5-3-2-4-6-13)25-15-18(34-28-19(15)26-21)17(30)20(31)27-23-24-8-10-35-23/h2-6,8,10,14H,7,9,11-12H2,1H3,(H,24,27,31). The number of methoxy groups -OCH3 is 1. The van der Waals surface area contributed by atoms with Gasteiger partial charge >= 0.3 is 5.91 Å². The number of hydrogen-bond donors (Lipinski definition) is 1. The van der Waals surface area contributed by atoms with E-state index in [1.807, 2.05) is 18.2 Å². The highest BCUT2D eigenvalue weighted by molar-refractivity contribution is 7.13. The Kier molecular flexibility index (Phi) is 6.19. The summed E-state index contributed by atoms with van der Waals surface area (Å²) in [4.78, 5) is 52.5. The highest BCUT2D eigenvalue weighted by Gasteiger charge is 2.33. The van der Waals surface area contributed by atoms with Crippen LogP contribution in [0.1, 0.15) is 33.0 Å². The van der Waals surface area contributed by atoms with Crippen molar-refractivity contribution in [2.45, 2.75) is 12.8 Å². The Morgan fingerprint density at radius 2 is 2.06 bits per heavy atom. The molecule has 1 atom stereocenters. The van der Waals surface area contributed by atoms with Crippen LogP contribution in [0.4, 0.5) is 5.13 Å². The summed E-state index contributed by atoms with van der Waals surface area (Å²) in [5, 5.41) is 8.02. The highest BCUT2D eigenvalue weighted by Crippen LogP contribution is 2.27. The van der Waals surface area contributed by atoms with Crippen LogP contribution in [0, 0.1) is 5.92 Å². The van der Waals surface area contributed by atoms with Gasteiger partial charge in [-0.05, 0) is 24.3 Å². The van der Waals surface area contributed by atoms with Gasteiger partial charge in [0.15, 0.2) is 16.3 Å². The van der Waals surface area contributed by atoms with E-state index in [9.17, 15) is 14.4 Å². The largest absolute Gasteiger partial charge is 0.479 e. The fraction of sp³-hybridized carbons (Fsp3) is 0.261. The molecule has 1 N–H and O–H groups in total. The molecule has 1 aliphatic rings. The summed E-state index contributed by atoms with van der Waals surface area (Å²) in [7, 11) is 1.36. The summed E-state index contributed by atoms with van der Waals surface area (Å²) in [5.41, 5.74) is 1.01. The van der Waals surface area contributed by atoms with Crippen LogP contribution < -0.4 is 10.1 Å². The van der Waals surface area contributed by atoms with Gasteiger partial charge in [-0.25, -0.2) is 9.97 Å². The molecule has 1 aliphatic heterocycles. The van der Waals surface area contributed by atoms with E-state index in [1.165, 1.54) is 18.9 Å². The van der Waals surface area contributed by atoms with E-state index >= 15 is 0 Å². The molecule has 1 unspecified atom stereocenters. The van der Waals surface area contributed by atoms with E-state index in [1.54, 1.807) is 10.3 Å². The number of fused-ring (bicyclic) bond motifs is 1. The van der Waals surface area contributed by atoms with Crippen LogP contribution in [0.15, 0.2) is 46.4 Å². The lowest BCUT2D eigenvalue weighted by Crippen LogP contribution is -2.30. The number of ketones is 1. The van der Waals surface area contributed by atoms with Gasteiger partial charge in [0, 0.05) is 24.7 Å². The maximum absolute atomic E-state index is 13.3. The van der Waals surface area contributed by atoms with E-state index in [4.69, 9.17) is 9.26 Å². The lowest BCUT2D eigenvalue weighted by atomic mass is 9.99. The quantitative estimate of drug-likeness (QED) is 0.304. The van der Waals surface area contributed by atoms with Crippen molar-refractivity contribution in [1.29, 1.82) is 0 Å². The van der Waals surface area contributed by atoms with Gasteiger partial charge in [0.1, 0.15) is 0 Å². The second kappa shape index (κ2) is 9.58. The molecule has 0 aliphatic carbocycles. The zero-order valence-corrected chi connectivity index (χ0v) is 19.4. The van der Waals surface area contributed by atoms with Crippen LogP contribution in [0.2, 0.25) is 0 Å². The predicted molar refractivity (Wildman–Crippen MR) is 125 cm³/mol. The van der Waals surface area contributed by atoms with Crippen LogP contribution in [0.25, 0.3) is 11.2 Å². The minimum absolute atomic E-state index is 0.0338. The Morgan fingerprint density at radius 3 is 2.80 bits per heavy atom. The highest BCUT2D eigenvalue weighted by atomic mass is 32.1. The molecule has 12 heteroatoms. The van der Waals surface area contributed by atoms with Crippen molar-refractivity contribution in [3.63, 3.8) is 0 Å². The molecule has 3 aromatic heterocycles. The molecule has 4 aromatic rings. The van der Waals surface area contributed by atoms with E-state index in [2.05, 4.69) is 37.6 Å². The number of carbonyl (C=O) groups is 3. The van der Waals surface area contributed by atoms with Crippen molar-refractivity contribution in [3.8, 4) is 5.88 Å². The summed E-state index contributed by atoms with van der Waals surface area (Å²) in [6.45, 7) is 1.12. The number of Topliss-reactive ketones (excluding diaryl/α,β-unsaturated/α-hetero) is 1. The first-order valence-corrected chi connectivity index (χ1v) is 11.7. The number of likely N-dealkylation sites (tertiary alicyclic amines) is 1. The molecule has 5 rings (SSSR count). The average molecular weight is 493 g/mol. The third kappa shape index (κ3) is 4.60. The first kappa shape index (κ1) is 22.6. The molecule has 35 heavy (non-hydrogen) atoms. The topological polar surface area (TPSA) is 140 Å². The van der Waals surface area contributed by atoms with Gasteiger partial charge in [0.25, 0.3) is 11.7 Å². The monoisotopic (exact) mass is 492 g/mol. The molecule has 2 amide bonds. The smallest absolute Gasteiger partial charge is 0.302 e. The van der Waals surface area contributed by atoms with Crippen molar-refractivity contribution in [3.05, 3.63) is 58.9 Å². The van der Waals surface area contributed by atoms with E-state index in [-0.39, 0.29) is 33.8 Å². The molecule has 11 nitrogen and oxygen atoms in total. The van der Waals surface area contributed by atoms with Crippen LogP contribution in [0.3, 0.4) is 0 Å². The fourth-order valence-electron chi connectivity index (χ4n) is 4.01. The molecule has 0 spiro atoms. The molecule has 0 bridgehead atoms. The molecule has 4 heterocycles. The number of carbonyl (C=O) groups excluding carboxylic acids is 3. The summed E-state index contributed by atoms with van der Waals surface area (Å²) in [6, 6.07) is 10.1. The Hall–Kier alpha value is -4.19. The van der Waals surface area contributed by atoms with Crippen molar-refractivity contribution in [1.82, 2.24) is 25.0 Å². The van der Waals surface area contributed by atoms with Gasteiger partial charge in [-0.15, -0.1) is 11.3 Å². The van der Waals surface area contributed by atoms with Crippen LogP contribution in [-0.4, -0.2) is 62.8 Å². The van der Waals surface area contributed by atoms with Crippen molar-refractivity contribution in [2.24, 2.45) is 5.92 Å². The number of amides is 2. The molecule has 1 fully saturated rings. The minimum atomic E-state index is -1.01. The molecular weight excluding hydrogens is 472 g/mol. The van der Waals surface area contributed by atoms with Crippen LogP contribution in [0.5, 0.6) is 5.88 Å². The number of aromatic nitrogens is 4. The van der Waals surface area contributed by atoms with E-state index < -0.39 is 17.5 Å². The second-order valence-electron chi connectivity index (χ2n) is 7.98. The SMILES string of the molecule is COc1nc2noc(C(=O)C(=O)Nc3nccs3)c2nc1C(=O)N1CCC(Cc2ccccc2)C1. The Balaban J connectivity index is 1.38. The summed E-state index contributed by atoms with van der Waals surface area (Å²) in [5.74, 6) is -2.49. The number of thiazole rings is 1. The molecule has 0 saturated carbocycles. The third-order valence-electron chi connectivity index (χ3n) is 5.69. The zero-order valence-electron chi connectivity index (χ0n) is 18.6. The van der Waals surface area contributed by atoms with Crippen LogP contribution >= 0.6 is 11.3 Å². The molecule has 178 valence electrons. The predicted octanol–water partition coefficient (Wildman–Crippen LogP) is 2.61.